The molecule has 21 heavy (non-hydrogen) atoms. The molecule has 3 N–H and O–H groups in total. The highest BCUT2D eigenvalue weighted by molar-refractivity contribution is 7.89. The number of halogens is 1. The van der Waals surface area contributed by atoms with Gasteiger partial charge in [0.25, 0.3) is 0 Å². The lowest BCUT2D eigenvalue weighted by Gasteiger charge is -2.15. The van der Waals surface area contributed by atoms with Crippen LogP contribution in [0.15, 0.2) is 35.2 Å². The zero-order valence-corrected chi connectivity index (χ0v) is 14.1. The van der Waals surface area contributed by atoms with Gasteiger partial charge in [0, 0.05) is 11.4 Å². The maximum atomic E-state index is 12.5. The van der Waals surface area contributed by atoms with Crippen molar-refractivity contribution in [2.45, 2.75) is 31.3 Å². The molecule has 0 aliphatic heterocycles. The fourth-order valence-corrected chi connectivity index (χ4v) is 4.74. The van der Waals surface area contributed by atoms with Gasteiger partial charge in [0.1, 0.15) is 0 Å². The number of benzene rings is 1. The molecule has 4 nitrogen and oxygen atoms in total. The second-order valence-corrected chi connectivity index (χ2v) is 8.16. The molecule has 0 amide bonds. The third kappa shape index (κ3) is 3.64. The van der Waals surface area contributed by atoms with Crippen LogP contribution in [0.2, 0.25) is 4.34 Å². The lowest BCUT2D eigenvalue weighted by molar-refractivity contribution is 0.567. The van der Waals surface area contributed by atoms with Crippen LogP contribution in [0.1, 0.15) is 29.0 Å². The molecule has 0 aliphatic carbocycles. The summed E-state index contributed by atoms with van der Waals surface area (Å²) in [4.78, 5) is 1.14. The van der Waals surface area contributed by atoms with Crippen molar-refractivity contribution in [2.75, 3.05) is 0 Å². The maximum absolute atomic E-state index is 12.5. The minimum absolute atomic E-state index is 0.264. The van der Waals surface area contributed by atoms with Crippen molar-refractivity contribution in [3.8, 4) is 0 Å². The predicted molar refractivity (Wildman–Crippen MR) is 87.1 cm³/mol. The molecule has 2 rings (SSSR count). The van der Waals surface area contributed by atoms with Crippen molar-refractivity contribution < 1.29 is 8.42 Å². The molecule has 0 radical (unpaired) electrons. The minimum Gasteiger partial charge on any atom is -0.326 e. The first kappa shape index (κ1) is 16.5. The van der Waals surface area contributed by atoms with Crippen LogP contribution in [-0.4, -0.2) is 8.42 Å². The van der Waals surface area contributed by atoms with Crippen molar-refractivity contribution in [3.63, 3.8) is 0 Å². The molecule has 0 spiro atoms. The van der Waals surface area contributed by atoms with Crippen LogP contribution in [0.5, 0.6) is 0 Å². The van der Waals surface area contributed by atoms with Crippen LogP contribution in [0.25, 0.3) is 0 Å². The lowest BCUT2D eigenvalue weighted by Crippen LogP contribution is -2.27. The molecule has 7 heteroatoms. The van der Waals surface area contributed by atoms with Gasteiger partial charge in [-0.3, -0.25) is 0 Å². The Morgan fingerprint density at radius 1 is 1.33 bits per heavy atom. The quantitative estimate of drug-likeness (QED) is 0.874. The van der Waals surface area contributed by atoms with Crippen LogP contribution in [0, 0.1) is 6.92 Å². The first-order valence-electron chi connectivity index (χ1n) is 6.41. The molecule has 1 unspecified atom stereocenters. The summed E-state index contributed by atoms with van der Waals surface area (Å²) in [5.74, 6) is 0. The van der Waals surface area contributed by atoms with Crippen LogP contribution in [0.3, 0.4) is 0 Å². The van der Waals surface area contributed by atoms with E-state index in [0.717, 1.165) is 10.4 Å². The number of hydrogen-bond acceptors (Lipinski definition) is 4. The molecule has 0 saturated heterocycles. The summed E-state index contributed by atoms with van der Waals surface area (Å²) >= 11 is 7.25. The van der Waals surface area contributed by atoms with Gasteiger partial charge in [-0.1, -0.05) is 23.7 Å². The summed E-state index contributed by atoms with van der Waals surface area (Å²) in [6.07, 6.45) is 0. The SMILES string of the molecule is Cc1c(CN)cccc1S(=O)(=O)NC(C)c1ccc(Cl)s1. The summed E-state index contributed by atoms with van der Waals surface area (Å²) < 4.78 is 28.4. The monoisotopic (exact) mass is 344 g/mol. The first-order valence-corrected chi connectivity index (χ1v) is 9.09. The number of nitrogens with two attached hydrogens (primary N) is 1. The largest absolute Gasteiger partial charge is 0.326 e. The van der Waals surface area contributed by atoms with Gasteiger partial charge < -0.3 is 5.73 Å². The average molecular weight is 345 g/mol. The summed E-state index contributed by atoms with van der Waals surface area (Å²) in [5, 5.41) is 0. The molecule has 1 aromatic heterocycles. The Labute approximate surface area is 134 Å². The fourth-order valence-electron chi connectivity index (χ4n) is 2.09. The van der Waals surface area contributed by atoms with E-state index in [1.165, 1.54) is 11.3 Å². The number of rotatable bonds is 5. The number of hydrogen-bond donors (Lipinski definition) is 2. The van der Waals surface area contributed by atoms with E-state index < -0.39 is 10.0 Å². The zero-order valence-electron chi connectivity index (χ0n) is 11.8. The van der Waals surface area contributed by atoms with Gasteiger partial charge in [0.15, 0.2) is 0 Å². The topological polar surface area (TPSA) is 72.2 Å². The van der Waals surface area contributed by atoms with E-state index in [2.05, 4.69) is 4.72 Å². The molecule has 0 fully saturated rings. The average Bonchev–Trinajstić information content (AvgIpc) is 2.85. The van der Waals surface area contributed by atoms with E-state index >= 15 is 0 Å². The lowest BCUT2D eigenvalue weighted by atomic mass is 10.1. The van der Waals surface area contributed by atoms with Crippen molar-refractivity contribution >= 4 is 33.0 Å². The van der Waals surface area contributed by atoms with Crippen molar-refractivity contribution in [1.82, 2.24) is 4.72 Å². The van der Waals surface area contributed by atoms with E-state index in [0.29, 0.717) is 16.4 Å². The molecule has 0 saturated carbocycles. The van der Waals surface area contributed by atoms with Crippen LogP contribution >= 0.6 is 22.9 Å². The zero-order chi connectivity index (χ0) is 15.6. The molecular formula is C14H17ClN2O2S2. The summed E-state index contributed by atoms with van der Waals surface area (Å²) in [6, 6.07) is 8.36. The van der Waals surface area contributed by atoms with Crippen LogP contribution < -0.4 is 10.5 Å². The Bertz CT molecular complexity index is 741. The normalized spacial score (nSPS) is 13.3. The molecule has 1 aromatic carbocycles. The smallest absolute Gasteiger partial charge is 0.241 e. The van der Waals surface area contributed by atoms with Gasteiger partial charge in [-0.2, -0.15) is 0 Å². The van der Waals surface area contributed by atoms with E-state index in [9.17, 15) is 8.42 Å². The standard InChI is InChI=1S/C14H17ClN2O2S2/c1-9-11(8-16)4-3-5-13(9)21(18,19)17-10(2)12-6-7-14(15)20-12/h3-7,10,17H,8,16H2,1-2H3. The number of thiophene rings is 1. The Morgan fingerprint density at radius 2 is 2.05 bits per heavy atom. The highest BCUT2D eigenvalue weighted by Gasteiger charge is 2.22. The highest BCUT2D eigenvalue weighted by atomic mass is 35.5. The Hall–Kier alpha value is -0.920. The fraction of sp³-hybridized carbons (Fsp3) is 0.286. The van der Waals surface area contributed by atoms with Gasteiger partial charge >= 0.3 is 0 Å². The van der Waals surface area contributed by atoms with Gasteiger partial charge in [0.2, 0.25) is 10.0 Å². The van der Waals surface area contributed by atoms with Crippen molar-refractivity contribution in [3.05, 3.63) is 50.7 Å². The third-order valence-corrected chi connectivity index (χ3v) is 6.36. The molecule has 1 atom stereocenters. The predicted octanol–water partition coefficient (Wildman–Crippen LogP) is 3.21. The Balaban J connectivity index is 2.30. The van der Waals surface area contributed by atoms with Crippen LogP contribution in [0.4, 0.5) is 0 Å². The molecule has 1 heterocycles. The van der Waals surface area contributed by atoms with Crippen LogP contribution in [-0.2, 0) is 16.6 Å². The van der Waals surface area contributed by atoms with Gasteiger partial charge in [-0.05, 0) is 43.2 Å². The molecular weight excluding hydrogens is 328 g/mol. The number of sulfonamides is 1. The van der Waals surface area contributed by atoms with Crippen molar-refractivity contribution in [2.24, 2.45) is 5.73 Å². The molecule has 2 aromatic rings. The summed E-state index contributed by atoms with van der Waals surface area (Å²) in [6.45, 7) is 3.87. The maximum Gasteiger partial charge on any atom is 0.241 e. The Kier molecular flexibility index (Phi) is 5.06. The second-order valence-electron chi connectivity index (χ2n) is 4.73. The van der Waals surface area contributed by atoms with E-state index in [4.69, 9.17) is 17.3 Å². The third-order valence-electron chi connectivity index (χ3n) is 3.26. The van der Waals surface area contributed by atoms with Gasteiger partial charge in [-0.15, -0.1) is 11.3 Å². The Morgan fingerprint density at radius 3 is 2.62 bits per heavy atom. The molecule has 0 aliphatic rings. The molecule has 0 bridgehead atoms. The van der Waals surface area contributed by atoms with E-state index in [1.54, 1.807) is 32.0 Å². The van der Waals surface area contributed by atoms with E-state index in [-0.39, 0.29) is 10.9 Å². The summed E-state index contributed by atoms with van der Waals surface area (Å²) in [5.41, 5.74) is 7.14. The summed E-state index contributed by atoms with van der Waals surface area (Å²) in [7, 11) is -3.60. The van der Waals surface area contributed by atoms with E-state index in [1.807, 2.05) is 12.1 Å². The second kappa shape index (κ2) is 6.46. The van der Waals surface area contributed by atoms with Crippen molar-refractivity contribution in [1.29, 1.82) is 0 Å². The first-order chi connectivity index (χ1) is 9.85. The van der Waals surface area contributed by atoms with Gasteiger partial charge in [0.05, 0.1) is 15.3 Å². The number of nitrogens with one attached hydrogen (secondary N) is 1. The van der Waals surface area contributed by atoms with Gasteiger partial charge in [-0.25, -0.2) is 13.1 Å². The minimum atomic E-state index is -3.60. The highest BCUT2D eigenvalue weighted by Crippen LogP contribution is 2.28. The molecule has 114 valence electrons.